The molecular weight excluding hydrogens is 286 g/mol. The summed E-state index contributed by atoms with van der Waals surface area (Å²) in [5, 5.41) is 8.83. The van der Waals surface area contributed by atoms with Crippen LogP contribution in [0.2, 0.25) is 0 Å². The van der Waals surface area contributed by atoms with Gasteiger partial charge in [0.15, 0.2) is 0 Å². The molecular formula is C12H22F2N4O3. The van der Waals surface area contributed by atoms with Gasteiger partial charge in [-0.3, -0.25) is 19.9 Å². The predicted molar refractivity (Wildman–Crippen MR) is 71.2 cm³/mol. The maximum atomic E-state index is 12.4. The Morgan fingerprint density at radius 3 is 2.48 bits per heavy atom. The van der Waals surface area contributed by atoms with Gasteiger partial charge in [-0.15, -0.1) is 0 Å². The molecule has 1 fully saturated rings. The van der Waals surface area contributed by atoms with Crippen LogP contribution in [0.25, 0.3) is 0 Å². The molecule has 0 radical (unpaired) electrons. The second-order valence-electron chi connectivity index (χ2n) is 5.01. The summed E-state index contributed by atoms with van der Waals surface area (Å²) in [6, 6.07) is 0. The molecule has 0 atom stereocenters. The fourth-order valence-corrected chi connectivity index (χ4v) is 2.37. The van der Waals surface area contributed by atoms with E-state index in [0.29, 0.717) is 25.9 Å². The number of rotatable bonds is 7. The van der Waals surface area contributed by atoms with E-state index in [1.807, 2.05) is 0 Å². The monoisotopic (exact) mass is 308 g/mol. The zero-order valence-electron chi connectivity index (χ0n) is 11.8. The first-order valence-corrected chi connectivity index (χ1v) is 6.87. The van der Waals surface area contributed by atoms with Crippen molar-refractivity contribution in [3.63, 3.8) is 0 Å². The smallest absolute Gasteiger partial charge is 0.251 e. The van der Waals surface area contributed by atoms with Gasteiger partial charge in [-0.25, -0.2) is 14.6 Å². The van der Waals surface area contributed by atoms with Gasteiger partial charge in [0, 0.05) is 25.6 Å². The number of alkyl halides is 2. The molecule has 0 aromatic heterocycles. The SMILES string of the molecule is NNC(=O)C1CCN(C(=O)CN(CCO)CC(F)F)CC1. The van der Waals surface area contributed by atoms with Crippen LogP contribution in [0.4, 0.5) is 8.78 Å². The number of piperidine rings is 1. The summed E-state index contributed by atoms with van der Waals surface area (Å²) >= 11 is 0. The maximum absolute atomic E-state index is 12.4. The Labute approximate surface area is 122 Å². The number of amides is 2. The number of hydrogen-bond donors (Lipinski definition) is 3. The van der Waals surface area contributed by atoms with E-state index in [9.17, 15) is 18.4 Å². The van der Waals surface area contributed by atoms with Crippen LogP contribution in [0, 0.1) is 5.92 Å². The first-order valence-electron chi connectivity index (χ1n) is 6.87. The molecule has 0 aromatic rings. The van der Waals surface area contributed by atoms with E-state index < -0.39 is 13.0 Å². The highest BCUT2D eigenvalue weighted by atomic mass is 19.3. The summed E-state index contributed by atoms with van der Waals surface area (Å²) in [4.78, 5) is 26.2. The minimum Gasteiger partial charge on any atom is -0.395 e. The van der Waals surface area contributed by atoms with Gasteiger partial charge in [0.25, 0.3) is 6.43 Å². The number of likely N-dealkylation sites (tertiary alicyclic amines) is 1. The lowest BCUT2D eigenvalue weighted by atomic mass is 9.96. The molecule has 0 unspecified atom stereocenters. The Morgan fingerprint density at radius 1 is 1.38 bits per heavy atom. The van der Waals surface area contributed by atoms with Crippen molar-refractivity contribution in [2.24, 2.45) is 11.8 Å². The van der Waals surface area contributed by atoms with Crippen LogP contribution in [-0.2, 0) is 9.59 Å². The van der Waals surface area contributed by atoms with E-state index in [-0.39, 0.29) is 37.4 Å². The van der Waals surface area contributed by atoms with Crippen molar-refractivity contribution in [2.45, 2.75) is 19.3 Å². The van der Waals surface area contributed by atoms with Gasteiger partial charge in [0.1, 0.15) is 0 Å². The zero-order chi connectivity index (χ0) is 15.8. The molecule has 122 valence electrons. The largest absolute Gasteiger partial charge is 0.395 e. The first kappa shape index (κ1) is 17.7. The number of aliphatic hydroxyl groups excluding tert-OH is 1. The highest BCUT2D eigenvalue weighted by molar-refractivity contribution is 5.80. The lowest BCUT2D eigenvalue weighted by Crippen LogP contribution is -2.48. The van der Waals surface area contributed by atoms with Crippen molar-refractivity contribution < 1.29 is 23.5 Å². The zero-order valence-corrected chi connectivity index (χ0v) is 11.8. The summed E-state index contributed by atoms with van der Waals surface area (Å²) in [7, 11) is 0. The third kappa shape index (κ3) is 5.90. The van der Waals surface area contributed by atoms with Crippen LogP contribution in [0.15, 0.2) is 0 Å². The molecule has 1 saturated heterocycles. The highest BCUT2D eigenvalue weighted by Crippen LogP contribution is 2.17. The Balaban J connectivity index is 2.43. The van der Waals surface area contributed by atoms with E-state index >= 15 is 0 Å². The molecule has 0 spiro atoms. The highest BCUT2D eigenvalue weighted by Gasteiger charge is 2.27. The number of hydrazine groups is 1. The van der Waals surface area contributed by atoms with Gasteiger partial charge >= 0.3 is 0 Å². The number of nitrogens with zero attached hydrogens (tertiary/aromatic N) is 2. The molecule has 0 aromatic carbocycles. The van der Waals surface area contributed by atoms with Crippen molar-refractivity contribution in [3.8, 4) is 0 Å². The lowest BCUT2D eigenvalue weighted by molar-refractivity contribution is -0.137. The van der Waals surface area contributed by atoms with Gasteiger partial charge in [-0.1, -0.05) is 0 Å². The van der Waals surface area contributed by atoms with Crippen molar-refractivity contribution in [3.05, 3.63) is 0 Å². The molecule has 1 heterocycles. The van der Waals surface area contributed by atoms with Crippen LogP contribution >= 0.6 is 0 Å². The van der Waals surface area contributed by atoms with Gasteiger partial charge < -0.3 is 10.0 Å². The maximum Gasteiger partial charge on any atom is 0.251 e. The molecule has 0 bridgehead atoms. The quantitative estimate of drug-likeness (QED) is 0.311. The fraction of sp³-hybridized carbons (Fsp3) is 0.833. The van der Waals surface area contributed by atoms with E-state index in [2.05, 4.69) is 5.43 Å². The van der Waals surface area contributed by atoms with Gasteiger partial charge in [0.05, 0.1) is 19.7 Å². The molecule has 0 saturated carbocycles. The van der Waals surface area contributed by atoms with Crippen molar-refractivity contribution in [1.82, 2.24) is 15.2 Å². The number of nitrogens with two attached hydrogens (primary N) is 1. The summed E-state index contributed by atoms with van der Waals surface area (Å²) in [6.07, 6.45) is -1.55. The molecule has 2 amide bonds. The summed E-state index contributed by atoms with van der Waals surface area (Å²) in [5.41, 5.74) is 2.09. The Kier molecular flexibility index (Phi) is 7.48. The average molecular weight is 308 g/mol. The standard InChI is InChI=1S/C12H22F2N4O3/c13-10(14)7-17(5-6-19)8-11(20)18-3-1-9(2-4-18)12(21)16-15/h9-10,19H,1-8,15H2,(H,16,21). The number of nitrogens with one attached hydrogen (secondary N) is 1. The number of aliphatic hydroxyl groups is 1. The second-order valence-corrected chi connectivity index (χ2v) is 5.01. The third-order valence-electron chi connectivity index (χ3n) is 3.53. The van der Waals surface area contributed by atoms with Gasteiger partial charge in [-0.05, 0) is 12.8 Å². The van der Waals surface area contributed by atoms with Crippen LogP contribution in [0.1, 0.15) is 12.8 Å². The molecule has 21 heavy (non-hydrogen) atoms. The second kappa shape index (κ2) is 8.85. The van der Waals surface area contributed by atoms with Gasteiger partial charge in [0.2, 0.25) is 11.8 Å². The fourth-order valence-electron chi connectivity index (χ4n) is 2.37. The summed E-state index contributed by atoms with van der Waals surface area (Å²) < 4.78 is 24.8. The van der Waals surface area contributed by atoms with Gasteiger partial charge in [-0.2, -0.15) is 0 Å². The van der Waals surface area contributed by atoms with Crippen LogP contribution in [0.3, 0.4) is 0 Å². The van der Waals surface area contributed by atoms with Crippen molar-refractivity contribution >= 4 is 11.8 Å². The van der Waals surface area contributed by atoms with E-state index in [1.165, 1.54) is 4.90 Å². The number of carbonyl (C=O) groups excluding carboxylic acids is 2. The van der Waals surface area contributed by atoms with Crippen LogP contribution in [0.5, 0.6) is 0 Å². The summed E-state index contributed by atoms with van der Waals surface area (Å²) in [6.45, 7) is -0.144. The van der Waals surface area contributed by atoms with Crippen molar-refractivity contribution in [2.75, 3.05) is 39.3 Å². The third-order valence-corrected chi connectivity index (χ3v) is 3.53. The Bertz CT molecular complexity index is 349. The lowest BCUT2D eigenvalue weighted by Gasteiger charge is -2.32. The summed E-state index contributed by atoms with van der Waals surface area (Å²) in [5.74, 6) is 4.33. The molecule has 1 aliphatic heterocycles. The number of halogens is 2. The van der Waals surface area contributed by atoms with E-state index in [4.69, 9.17) is 10.9 Å². The number of hydrogen-bond acceptors (Lipinski definition) is 5. The predicted octanol–water partition coefficient (Wildman–Crippen LogP) is -1.23. The molecule has 1 rings (SSSR count). The minimum atomic E-state index is -2.55. The van der Waals surface area contributed by atoms with E-state index in [1.54, 1.807) is 4.90 Å². The minimum absolute atomic E-state index is 0.0299. The molecule has 9 heteroatoms. The molecule has 7 nitrogen and oxygen atoms in total. The topological polar surface area (TPSA) is 98.9 Å². The average Bonchev–Trinajstić information content (AvgIpc) is 2.46. The first-order chi connectivity index (χ1) is 9.97. The van der Waals surface area contributed by atoms with Crippen LogP contribution in [-0.4, -0.2) is 72.5 Å². The normalized spacial score (nSPS) is 16.6. The Hall–Kier alpha value is -1.32. The number of carbonyl (C=O) groups is 2. The molecule has 4 N–H and O–H groups in total. The van der Waals surface area contributed by atoms with E-state index in [0.717, 1.165) is 0 Å². The molecule has 0 aliphatic carbocycles. The van der Waals surface area contributed by atoms with Crippen molar-refractivity contribution in [1.29, 1.82) is 0 Å². The molecule has 1 aliphatic rings. The Morgan fingerprint density at radius 2 is 2.00 bits per heavy atom. The van der Waals surface area contributed by atoms with Crippen LogP contribution < -0.4 is 11.3 Å².